The van der Waals surface area contributed by atoms with E-state index >= 15 is 0 Å². The first-order valence-corrected chi connectivity index (χ1v) is 11.3. The third-order valence-electron chi connectivity index (χ3n) is 5.03. The first-order chi connectivity index (χ1) is 14.2. The van der Waals surface area contributed by atoms with Crippen molar-refractivity contribution in [3.8, 4) is 0 Å². The maximum Gasteiger partial charge on any atom is 0.269 e. The van der Waals surface area contributed by atoms with Crippen LogP contribution >= 0.6 is 11.6 Å². The summed E-state index contributed by atoms with van der Waals surface area (Å²) in [5, 5.41) is 11.3. The van der Waals surface area contributed by atoms with Crippen molar-refractivity contribution < 1.29 is 18.1 Å². The molecule has 10 heteroatoms. The molecule has 0 atom stereocenters. The van der Waals surface area contributed by atoms with E-state index in [-0.39, 0.29) is 22.7 Å². The van der Waals surface area contributed by atoms with Crippen molar-refractivity contribution in [3.05, 3.63) is 68.7 Å². The van der Waals surface area contributed by atoms with E-state index in [2.05, 4.69) is 0 Å². The third-order valence-corrected chi connectivity index (χ3v) is 7.29. The molecule has 1 amide bonds. The molecule has 1 aliphatic rings. The van der Waals surface area contributed by atoms with Crippen LogP contribution in [0.3, 0.4) is 0 Å². The van der Waals surface area contributed by atoms with Crippen molar-refractivity contribution >= 4 is 33.2 Å². The minimum absolute atomic E-state index is 0.0441. The molecule has 0 bridgehead atoms. The summed E-state index contributed by atoms with van der Waals surface area (Å²) >= 11 is 6.12. The zero-order chi connectivity index (χ0) is 21.9. The van der Waals surface area contributed by atoms with E-state index in [1.165, 1.54) is 52.7 Å². The van der Waals surface area contributed by atoms with Crippen LogP contribution in [0.2, 0.25) is 5.02 Å². The Morgan fingerprint density at radius 1 is 1.17 bits per heavy atom. The molecule has 0 spiro atoms. The first-order valence-electron chi connectivity index (χ1n) is 9.48. The highest BCUT2D eigenvalue weighted by atomic mass is 35.5. The molecule has 0 radical (unpaired) electrons. The molecular formula is C20H22ClN3O5S. The summed E-state index contributed by atoms with van der Waals surface area (Å²) in [6.45, 7) is 1.000. The van der Waals surface area contributed by atoms with Crippen LogP contribution in [0.15, 0.2) is 47.4 Å². The quantitative estimate of drug-likeness (QED) is 0.492. The maximum absolute atomic E-state index is 12.9. The number of sulfonamides is 1. The Morgan fingerprint density at radius 2 is 1.87 bits per heavy atom. The van der Waals surface area contributed by atoms with Gasteiger partial charge in [-0.25, -0.2) is 8.42 Å². The summed E-state index contributed by atoms with van der Waals surface area (Å²) in [6, 6.07) is 9.97. The molecule has 0 saturated carbocycles. The van der Waals surface area contributed by atoms with Crippen molar-refractivity contribution in [2.24, 2.45) is 0 Å². The number of nitrogens with zero attached hydrogens (tertiary/aromatic N) is 3. The van der Waals surface area contributed by atoms with E-state index < -0.39 is 20.9 Å². The number of carbonyl (C=O) groups is 1. The number of nitro groups is 1. The molecule has 1 aliphatic heterocycles. The van der Waals surface area contributed by atoms with Gasteiger partial charge in [-0.15, -0.1) is 0 Å². The lowest BCUT2D eigenvalue weighted by Crippen LogP contribution is -2.35. The molecule has 160 valence electrons. The van der Waals surface area contributed by atoms with Gasteiger partial charge >= 0.3 is 0 Å². The van der Waals surface area contributed by atoms with E-state index in [1.807, 2.05) is 0 Å². The number of nitro benzene ring substituents is 1. The van der Waals surface area contributed by atoms with Gasteiger partial charge in [0, 0.05) is 49.4 Å². The molecule has 1 saturated heterocycles. The number of hydrogen-bond acceptors (Lipinski definition) is 5. The Labute approximate surface area is 180 Å². The van der Waals surface area contributed by atoms with E-state index in [1.54, 1.807) is 6.07 Å². The fourth-order valence-electron chi connectivity index (χ4n) is 3.39. The van der Waals surface area contributed by atoms with Crippen LogP contribution in [-0.4, -0.2) is 48.6 Å². The van der Waals surface area contributed by atoms with Gasteiger partial charge in [-0.05, 0) is 42.7 Å². The Balaban J connectivity index is 1.81. The standard InChI is InChI=1S/C20H22ClN3O5S/c1-22(14-16-12-17(24(26)27)8-9-19(16)21)20(25)15-6-5-7-18(13-15)30(28,29)23-10-3-2-4-11-23/h5-9,12-13H,2-4,10-11,14H2,1H3. The van der Waals surface area contributed by atoms with E-state index in [9.17, 15) is 23.3 Å². The highest BCUT2D eigenvalue weighted by molar-refractivity contribution is 7.89. The number of amides is 1. The third kappa shape index (κ3) is 4.80. The van der Waals surface area contributed by atoms with E-state index in [0.717, 1.165) is 19.3 Å². The molecular weight excluding hydrogens is 430 g/mol. The fourth-order valence-corrected chi connectivity index (χ4v) is 5.13. The van der Waals surface area contributed by atoms with Crippen LogP contribution in [0, 0.1) is 10.1 Å². The van der Waals surface area contributed by atoms with Gasteiger partial charge in [0.1, 0.15) is 0 Å². The van der Waals surface area contributed by atoms with Crippen molar-refractivity contribution in [3.63, 3.8) is 0 Å². The van der Waals surface area contributed by atoms with Crippen molar-refractivity contribution in [2.75, 3.05) is 20.1 Å². The van der Waals surface area contributed by atoms with Gasteiger partial charge in [-0.2, -0.15) is 4.31 Å². The molecule has 0 N–H and O–H groups in total. The minimum Gasteiger partial charge on any atom is -0.337 e. The molecule has 30 heavy (non-hydrogen) atoms. The van der Waals surface area contributed by atoms with Gasteiger partial charge in [0.2, 0.25) is 10.0 Å². The highest BCUT2D eigenvalue weighted by Crippen LogP contribution is 2.25. The first kappa shape index (κ1) is 22.2. The van der Waals surface area contributed by atoms with Crippen LogP contribution in [0.25, 0.3) is 0 Å². The van der Waals surface area contributed by atoms with Crippen molar-refractivity contribution in [2.45, 2.75) is 30.7 Å². The van der Waals surface area contributed by atoms with Crippen LogP contribution in [0.5, 0.6) is 0 Å². The average molecular weight is 452 g/mol. The SMILES string of the molecule is CN(Cc1cc([N+](=O)[O-])ccc1Cl)C(=O)c1cccc(S(=O)(=O)N2CCCCC2)c1. The number of rotatable bonds is 6. The normalized spacial score (nSPS) is 15.0. The highest BCUT2D eigenvalue weighted by Gasteiger charge is 2.27. The number of hydrogen-bond donors (Lipinski definition) is 0. The number of halogens is 1. The van der Waals surface area contributed by atoms with Gasteiger partial charge in [-0.1, -0.05) is 24.1 Å². The number of non-ortho nitro benzene ring substituents is 1. The summed E-state index contributed by atoms with van der Waals surface area (Å²) in [6.07, 6.45) is 2.66. The van der Waals surface area contributed by atoms with Crippen molar-refractivity contribution in [1.82, 2.24) is 9.21 Å². The number of carbonyl (C=O) groups excluding carboxylic acids is 1. The summed E-state index contributed by atoms with van der Waals surface area (Å²) in [5.74, 6) is -0.409. The number of piperidine rings is 1. The van der Waals surface area contributed by atoms with Crippen LogP contribution in [0.4, 0.5) is 5.69 Å². The lowest BCUT2D eigenvalue weighted by Gasteiger charge is -2.26. The molecule has 8 nitrogen and oxygen atoms in total. The summed E-state index contributed by atoms with van der Waals surface area (Å²) < 4.78 is 27.2. The Morgan fingerprint density at radius 3 is 2.53 bits per heavy atom. The Kier molecular flexibility index (Phi) is 6.74. The second-order valence-electron chi connectivity index (χ2n) is 7.19. The predicted octanol–water partition coefficient (Wildman–Crippen LogP) is 3.70. The van der Waals surface area contributed by atoms with Crippen LogP contribution in [0.1, 0.15) is 35.2 Å². The smallest absolute Gasteiger partial charge is 0.269 e. The monoisotopic (exact) mass is 451 g/mol. The summed E-state index contributed by atoms with van der Waals surface area (Å²) in [5.41, 5.74) is 0.529. The summed E-state index contributed by atoms with van der Waals surface area (Å²) in [4.78, 5) is 24.8. The predicted molar refractivity (Wildman–Crippen MR) is 113 cm³/mol. The molecule has 0 unspecified atom stereocenters. The fraction of sp³-hybridized carbons (Fsp3) is 0.350. The molecule has 1 heterocycles. The molecule has 0 aromatic heterocycles. The molecule has 1 fully saturated rings. The molecule has 3 rings (SSSR count). The van der Waals surface area contributed by atoms with Crippen LogP contribution < -0.4 is 0 Å². The lowest BCUT2D eigenvalue weighted by molar-refractivity contribution is -0.384. The van der Waals surface area contributed by atoms with Gasteiger partial charge in [-0.3, -0.25) is 14.9 Å². The van der Waals surface area contributed by atoms with Crippen LogP contribution in [-0.2, 0) is 16.6 Å². The van der Waals surface area contributed by atoms with Gasteiger partial charge in [0.05, 0.1) is 9.82 Å². The second kappa shape index (κ2) is 9.11. The van der Waals surface area contributed by atoms with Gasteiger partial charge in [0.15, 0.2) is 0 Å². The number of benzene rings is 2. The van der Waals surface area contributed by atoms with E-state index in [4.69, 9.17) is 11.6 Å². The zero-order valence-corrected chi connectivity index (χ0v) is 18.0. The molecule has 0 aliphatic carbocycles. The zero-order valence-electron chi connectivity index (χ0n) is 16.5. The van der Waals surface area contributed by atoms with E-state index in [0.29, 0.717) is 23.7 Å². The van der Waals surface area contributed by atoms with Crippen molar-refractivity contribution in [1.29, 1.82) is 0 Å². The largest absolute Gasteiger partial charge is 0.337 e. The van der Waals surface area contributed by atoms with Gasteiger partial charge in [0.25, 0.3) is 11.6 Å². The topological polar surface area (TPSA) is 101 Å². The molecule has 2 aromatic carbocycles. The average Bonchev–Trinajstić information content (AvgIpc) is 2.75. The Hall–Kier alpha value is -2.49. The Bertz CT molecular complexity index is 1070. The maximum atomic E-state index is 12.9. The lowest BCUT2D eigenvalue weighted by atomic mass is 10.1. The van der Waals surface area contributed by atoms with Gasteiger partial charge < -0.3 is 4.90 Å². The summed E-state index contributed by atoms with van der Waals surface area (Å²) in [7, 11) is -2.13. The molecule has 2 aromatic rings. The minimum atomic E-state index is -3.66. The second-order valence-corrected chi connectivity index (χ2v) is 9.53.